The van der Waals surface area contributed by atoms with Gasteiger partial charge < -0.3 is 10.0 Å². The molecule has 0 aliphatic carbocycles. The Morgan fingerprint density at radius 2 is 1.80 bits per heavy atom. The third-order valence-corrected chi connectivity index (χ3v) is 2.48. The number of nitriles is 1. The van der Waals surface area contributed by atoms with E-state index in [1.807, 2.05) is 4.90 Å². The van der Waals surface area contributed by atoms with Crippen molar-refractivity contribution in [3.63, 3.8) is 0 Å². The van der Waals surface area contributed by atoms with Crippen molar-refractivity contribution >= 4 is 17.7 Å². The number of benzene rings is 1. The van der Waals surface area contributed by atoms with E-state index in [9.17, 15) is 4.79 Å². The number of carbonyl (C=O) groups is 1. The van der Waals surface area contributed by atoms with Crippen LogP contribution in [0.15, 0.2) is 29.8 Å². The number of rotatable bonds is 5. The molecular weight excluding hydrogens is 252 g/mol. The largest absolute Gasteiger partial charge is 0.477 e. The minimum absolute atomic E-state index is 0.318. The van der Waals surface area contributed by atoms with Gasteiger partial charge in [-0.05, 0) is 23.8 Å². The van der Waals surface area contributed by atoms with E-state index >= 15 is 0 Å². The van der Waals surface area contributed by atoms with Crippen LogP contribution in [0.4, 0.5) is 5.69 Å². The van der Waals surface area contributed by atoms with E-state index in [4.69, 9.17) is 23.2 Å². The number of carboxylic acid groups (broad SMARTS) is 1. The molecule has 0 radical (unpaired) electrons. The molecule has 98 valence electrons. The van der Waals surface area contributed by atoms with E-state index in [-0.39, 0.29) is 5.57 Å². The van der Waals surface area contributed by atoms with Crippen molar-refractivity contribution < 1.29 is 9.90 Å². The fourth-order valence-corrected chi connectivity index (χ4v) is 1.55. The standard InChI is InChI=1S/C16H12N2O2/c1-3-9-18(10-4-2)15-7-5-13(6-8-15)11-14(12-17)16(19)20/h1-2,5-8,11H,9-10H2,(H,19,20). The van der Waals surface area contributed by atoms with Crippen molar-refractivity contribution in [2.45, 2.75) is 0 Å². The molecule has 0 bridgehead atoms. The van der Waals surface area contributed by atoms with Crippen LogP contribution in [0.5, 0.6) is 0 Å². The van der Waals surface area contributed by atoms with E-state index in [1.54, 1.807) is 30.3 Å². The fourth-order valence-electron chi connectivity index (χ4n) is 1.55. The number of hydrogen-bond acceptors (Lipinski definition) is 3. The summed E-state index contributed by atoms with van der Waals surface area (Å²) in [5, 5.41) is 17.5. The highest BCUT2D eigenvalue weighted by atomic mass is 16.4. The van der Waals surface area contributed by atoms with Crippen LogP contribution in [0.25, 0.3) is 6.08 Å². The Morgan fingerprint density at radius 3 is 2.20 bits per heavy atom. The second-order valence-electron chi connectivity index (χ2n) is 3.83. The minimum Gasteiger partial charge on any atom is -0.477 e. The van der Waals surface area contributed by atoms with Crippen LogP contribution in [-0.2, 0) is 4.79 Å². The lowest BCUT2D eigenvalue weighted by Crippen LogP contribution is -2.23. The molecule has 0 unspecified atom stereocenters. The molecule has 0 fully saturated rings. The number of aliphatic carboxylic acids is 1. The summed E-state index contributed by atoms with van der Waals surface area (Å²) in [5.74, 6) is 3.79. The lowest BCUT2D eigenvalue weighted by Gasteiger charge is -2.19. The number of carboxylic acids is 1. The maximum atomic E-state index is 10.7. The Kier molecular flexibility index (Phi) is 5.45. The Morgan fingerprint density at radius 1 is 1.25 bits per heavy atom. The molecule has 20 heavy (non-hydrogen) atoms. The lowest BCUT2D eigenvalue weighted by atomic mass is 10.1. The SMILES string of the molecule is C#CCN(CC#C)c1ccc(C=C(C#N)C(=O)O)cc1. The van der Waals surface area contributed by atoms with Crippen molar-refractivity contribution in [3.05, 3.63) is 35.4 Å². The molecule has 0 atom stereocenters. The summed E-state index contributed by atoms with van der Waals surface area (Å²) in [7, 11) is 0. The zero-order chi connectivity index (χ0) is 15.0. The highest BCUT2D eigenvalue weighted by Crippen LogP contribution is 2.16. The molecule has 1 N–H and O–H groups in total. The predicted octanol–water partition coefficient (Wildman–Crippen LogP) is 1.75. The van der Waals surface area contributed by atoms with Gasteiger partial charge in [-0.15, -0.1) is 12.8 Å². The van der Waals surface area contributed by atoms with Gasteiger partial charge >= 0.3 is 5.97 Å². The number of nitrogens with zero attached hydrogens (tertiary/aromatic N) is 2. The Balaban J connectivity index is 3.00. The number of terminal acetylenes is 2. The maximum Gasteiger partial charge on any atom is 0.346 e. The topological polar surface area (TPSA) is 64.3 Å². The molecule has 0 aliphatic heterocycles. The van der Waals surface area contributed by atoms with Gasteiger partial charge in [-0.25, -0.2) is 4.79 Å². The normalized spacial score (nSPS) is 9.95. The lowest BCUT2D eigenvalue weighted by molar-refractivity contribution is -0.132. The first kappa shape index (κ1) is 14.9. The van der Waals surface area contributed by atoms with Crippen LogP contribution in [0, 0.1) is 36.0 Å². The summed E-state index contributed by atoms with van der Waals surface area (Å²) in [5.41, 5.74) is 1.14. The molecule has 0 aromatic heterocycles. The summed E-state index contributed by atoms with van der Waals surface area (Å²) >= 11 is 0. The molecule has 0 heterocycles. The molecular formula is C16H12N2O2. The van der Waals surface area contributed by atoms with Gasteiger partial charge in [0.1, 0.15) is 11.6 Å². The molecule has 0 amide bonds. The van der Waals surface area contributed by atoms with Crippen molar-refractivity contribution in [2.75, 3.05) is 18.0 Å². The predicted molar refractivity (Wildman–Crippen MR) is 77.5 cm³/mol. The average molecular weight is 264 g/mol. The number of hydrogen-bond donors (Lipinski definition) is 1. The van der Waals surface area contributed by atoms with Crippen molar-refractivity contribution in [2.24, 2.45) is 0 Å². The molecule has 0 saturated heterocycles. The van der Waals surface area contributed by atoms with Crippen molar-refractivity contribution in [1.29, 1.82) is 5.26 Å². The number of anilines is 1. The molecule has 0 spiro atoms. The van der Waals surface area contributed by atoms with Gasteiger partial charge in [-0.1, -0.05) is 24.0 Å². The monoisotopic (exact) mass is 264 g/mol. The van der Waals surface area contributed by atoms with Crippen LogP contribution in [-0.4, -0.2) is 24.2 Å². The summed E-state index contributed by atoms with van der Waals surface area (Å²) in [6.07, 6.45) is 11.9. The van der Waals surface area contributed by atoms with Crippen LogP contribution in [0.1, 0.15) is 5.56 Å². The molecule has 0 saturated carbocycles. The van der Waals surface area contributed by atoms with Crippen molar-refractivity contribution in [3.8, 4) is 30.8 Å². The van der Waals surface area contributed by atoms with Crippen LogP contribution in [0.3, 0.4) is 0 Å². The van der Waals surface area contributed by atoms with Crippen LogP contribution in [0.2, 0.25) is 0 Å². The second kappa shape index (κ2) is 7.31. The molecule has 1 rings (SSSR count). The summed E-state index contributed by atoms with van der Waals surface area (Å²) < 4.78 is 0. The maximum absolute atomic E-state index is 10.7. The highest BCUT2D eigenvalue weighted by molar-refractivity contribution is 5.96. The third kappa shape index (κ3) is 3.95. The Bertz CT molecular complexity index is 621. The molecule has 1 aromatic carbocycles. The first-order valence-electron chi connectivity index (χ1n) is 5.69. The van der Waals surface area contributed by atoms with Gasteiger partial charge in [0.05, 0.1) is 13.1 Å². The highest BCUT2D eigenvalue weighted by Gasteiger charge is 2.06. The minimum atomic E-state index is -1.25. The molecule has 4 heteroatoms. The van der Waals surface area contributed by atoms with E-state index in [2.05, 4.69) is 11.8 Å². The van der Waals surface area contributed by atoms with E-state index in [0.29, 0.717) is 18.7 Å². The average Bonchev–Trinajstić information content (AvgIpc) is 2.45. The van der Waals surface area contributed by atoms with Gasteiger partial charge in [0.25, 0.3) is 0 Å². The van der Waals surface area contributed by atoms with E-state index in [1.165, 1.54) is 6.08 Å². The third-order valence-electron chi connectivity index (χ3n) is 2.48. The van der Waals surface area contributed by atoms with Gasteiger partial charge in [0, 0.05) is 5.69 Å². The first-order chi connectivity index (χ1) is 9.62. The molecule has 4 nitrogen and oxygen atoms in total. The van der Waals surface area contributed by atoms with Gasteiger partial charge in [-0.3, -0.25) is 0 Å². The Hall–Kier alpha value is -3.16. The quantitative estimate of drug-likeness (QED) is 0.500. The van der Waals surface area contributed by atoms with Crippen LogP contribution < -0.4 is 4.90 Å². The van der Waals surface area contributed by atoms with Crippen molar-refractivity contribution in [1.82, 2.24) is 0 Å². The smallest absolute Gasteiger partial charge is 0.346 e. The second-order valence-corrected chi connectivity index (χ2v) is 3.83. The van der Waals surface area contributed by atoms with E-state index in [0.717, 1.165) is 5.69 Å². The summed E-state index contributed by atoms with van der Waals surface area (Å²) in [4.78, 5) is 12.6. The van der Waals surface area contributed by atoms with E-state index < -0.39 is 5.97 Å². The fraction of sp³-hybridized carbons (Fsp3) is 0.125. The summed E-state index contributed by atoms with van der Waals surface area (Å²) in [6.45, 7) is 0.774. The van der Waals surface area contributed by atoms with Crippen LogP contribution >= 0.6 is 0 Å². The summed E-state index contributed by atoms with van der Waals surface area (Å²) in [6, 6.07) is 8.58. The zero-order valence-electron chi connectivity index (χ0n) is 10.7. The Labute approximate surface area is 117 Å². The molecule has 1 aromatic rings. The zero-order valence-corrected chi connectivity index (χ0v) is 10.7. The van der Waals surface area contributed by atoms with Gasteiger partial charge in [0.2, 0.25) is 0 Å². The van der Waals surface area contributed by atoms with Gasteiger partial charge in [-0.2, -0.15) is 5.26 Å². The molecule has 0 aliphatic rings. The van der Waals surface area contributed by atoms with Gasteiger partial charge in [0.15, 0.2) is 0 Å². The first-order valence-corrected chi connectivity index (χ1v) is 5.69.